The van der Waals surface area contributed by atoms with Crippen molar-refractivity contribution in [3.8, 4) is 5.75 Å². The Morgan fingerprint density at radius 1 is 1.54 bits per heavy atom. The van der Waals surface area contributed by atoms with Gasteiger partial charge in [-0.1, -0.05) is 12.1 Å². The second-order valence-electron chi connectivity index (χ2n) is 2.41. The number of aldehydes is 1. The third-order valence-electron chi connectivity index (χ3n) is 1.43. The van der Waals surface area contributed by atoms with Crippen molar-refractivity contribution < 1.29 is 14.3 Å². The lowest BCUT2D eigenvalue weighted by atomic mass is 10.2. The molecule has 13 heavy (non-hydrogen) atoms. The molecule has 0 heterocycles. The lowest BCUT2D eigenvalue weighted by Crippen LogP contribution is -2.05. The monoisotopic (exact) mass is 177 g/mol. The third kappa shape index (κ3) is 2.71. The number of hydrogen-bond donors (Lipinski definition) is 0. The van der Waals surface area contributed by atoms with Gasteiger partial charge < -0.3 is 4.74 Å². The number of ether oxygens (including phenoxy) is 1. The van der Waals surface area contributed by atoms with Crippen molar-refractivity contribution >= 4 is 12.3 Å². The minimum Gasteiger partial charge on any atom is -0.427 e. The lowest BCUT2D eigenvalue weighted by Gasteiger charge is -2.01. The molecule has 0 aromatic heterocycles. The van der Waals surface area contributed by atoms with Crippen molar-refractivity contribution in [2.24, 2.45) is 0 Å². The number of benzene rings is 1. The Hall–Kier alpha value is -1.64. The van der Waals surface area contributed by atoms with Crippen LogP contribution in [0.4, 0.5) is 0 Å². The summed E-state index contributed by atoms with van der Waals surface area (Å²) < 4.78 is 4.85. The SMILES string of the molecule is [CH2]CC(=O)Oc1cccc(C=O)c1. The van der Waals surface area contributed by atoms with E-state index in [1.807, 2.05) is 0 Å². The van der Waals surface area contributed by atoms with E-state index in [1.165, 1.54) is 6.07 Å². The quantitative estimate of drug-likeness (QED) is 0.400. The van der Waals surface area contributed by atoms with Gasteiger partial charge in [-0.05, 0) is 19.1 Å². The van der Waals surface area contributed by atoms with Crippen LogP contribution in [0.3, 0.4) is 0 Å². The van der Waals surface area contributed by atoms with Gasteiger partial charge in [-0.25, -0.2) is 0 Å². The Kier molecular flexibility index (Phi) is 3.20. The van der Waals surface area contributed by atoms with E-state index in [2.05, 4.69) is 6.92 Å². The average Bonchev–Trinajstić information content (AvgIpc) is 2.18. The van der Waals surface area contributed by atoms with E-state index >= 15 is 0 Å². The van der Waals surface area contributed by atoms with E-state index in [0.29, 0.717) is 17.6 Å². The van der Waals surface area contributed by atoms with Gasteiger partial charge in [-0.2, -0.15) is 0 Å². The number of esters is 1. The van der Waals surface area contributed by atoms with Gasteiger partial charge in [0.15, 0.2) is 0 Å². The summed E-state index contributed by atoms with van der Waals surface area (Å²) in [7, 11) is 0. The molecule has 1 rings (SSSR count). The van der Waals surface area contributed by atoms with Crippen LogP contribution in [0.15, 0.2) is 24.3 Å². The van der Waals surface area contributed by atoms with Crippen LogP contribution >= 0.6 is 0 Å². The van der Waals surface area contributed by atoms with Gasteiger partial charge in [-0.15, -0.1) is 0 Å². The Morgan fingerprint density at radius 3 is 2.92 bits per heavy atom. The fourth-order valence-electron chi connectivity index (χ4n) is 0.834. The number of carbonyl (C=O) groups is 2. The molecule has 0 spiro atoms. The summed E-state index contributed by atoms with van der Waals surface area (Å²) in [6.07, 6.45) is 0.771. The van der Waals surface area contributed by atoms with Crippen molar-refractivity contribution in [3.63, 3.8) is 0 Å². The Morgan fingerprint density at radius 2 is 2.31 bits per heavy atom. The van der Waals surface area contributed by atoms with Gasteiger partial charge in [0.2, 0.25) is 0 Å². The molecule has 3 nitrogen and oxygen atoms in total. The molecule has 0 fully saturated rings. The average molecular weight is 177 g/mol. The summed E-state index contributed by atoms with van der Waals surface area (Å²) in [5.41, 5.74) is 0.481. The normalized spacial score (nSPS) is 9.31. The number of carbonyl (C=O) groups excluding carboxylic acids is 2. The van der Waals surface area contributed by atoms with Crippen LogP contribution in [0.1, 0.15) is 16.8 Å². The van der Waals surface area contributed by atoms with Gasteiger partial charge in [0.05, 0.1) is 0 Å². The van der Waals surface area contributed by atoms with E-state index in [9.17, 15) is 9.59 Å². The predicted octanol–water partition coefficient (Wildman–Crippen LogP) is 1.63. The Labute approximate surface area is 76.3 Å². The highest BCUT2D eigenvalue weighted by molar-refractivity contribution is 5.77. The molecular weight excluding hydrogens is 168 g/mol. The summed E-state index contributed by atoms with van der Waals surface area (Å²) in [6, 6.07) is 6.39. The fourth-order valence-corrected chi connectivity index (χ4v) is 0.834. The molecule has 0 atom stereocenters. The van der Waals surface area contributed by atoms with Crippen molar-refractivity contribution in [2.75, 3.05) is 0 Å². The molecule has 1 radical (unpaired) electrons. The molecule has 0 amide bonds. The first-order chi connectivity index (χ1) is 6.26. The third-order valence-corrected chi connectivity index (χ3v) is 1.43. The summed E-state index contributed by atoms with van der Waals surface area (Å²) in [6.45, 7) is 3.38. The standard InChI is InChI=1S/C10H9O3/c1-2-10(12)13-9-5-3-4-8(6-9)7-11/h3-7H,1-2H2. The lowest BCUT2D eigenvalue weighted by molar-refractivity contribution is -0.133. The van der Waals surface area contributed by atoms with Gasteiger partial charge in [0, 0.05) is 12.0 Å². The maximum absolute atomic E-state index is 10.8. The number of hydrogen-bond acceptors (Lipinski definition) is 3. The Bertz CT molecular complexity index is 318. The van der Waals surface area contributed by atoms with Crippen LogP contribution in [0.2, 0.25) is 0 Å². The van der Waals surface area contributed by atoms with Gasteiger partial charge >= 0.3 is 5.97 Å². The van der Waals surface area contributed by atoms with Gasteiger partial charge in [0.1, 0.15) is 12.0 Å². The summed E-state index contributed by atoms with van der Waals surface area (Å²) in [5, 5.41) is 0. The highest BCUT2D eigenvalue weighted by Gasteiger charge is 2.01. The van der Waals surface area contributed by atoms with Crippen molar-refractivity contribution in [2.45, 2.75) is 6.42 Å². The summed E-state index contributed by atoms with van der Waals surface area (Å²) in [5.74, 6) is -0.0405. The van der Waals surface area contributed by atoms with Crippen molar-refractivity contribution in [3.05, 3.63) is 36.8 Å². The van der Waals surface area contributed by atoms with Crippen LogP contribution in [-0.2, 0) is 4.79 Å². The molecule has 0 bridgehead atoms. The van der Waals surface area contributed by atoms with E-state index in [4.69, 9.17) is 4.74 Å². The molecule has 0 N–H and O–H groups in total. The summed E-state index contributed by atoms with van der Waals surface area (Å²) in [4.78, 5) is 21.2. The van der Waals surface area contributed by atoms with E-state index in [1.54, 1.807) is 18.2 Å². The minimum atomic E-state index is -0.414. The van der Waals surface area contributed by atoms with E-state index in [-0.39, 0.29) is 6.42 Å². The zero-order valence-corrected chi connectivity index (χ0v) is 7.03. The first-order valence-corrected chi connectivity index (χ1v) is 3.81. The first-order valence-electron chi connectivity index (χ1n) is 3.81. The van der Waals surface area contributed by atoms with Crippen LogP contribution in [-0.4, -0.2) is 12.3 Å². The molecule has 1 aromatic carbocycles. The molecule has 0 aliphatic rings. The van der Waals surface area contributed by atoms with Gasteiger partial charge in [0.25, 0.3) is 0 Å². The molecule has 1 aromatic rings. The molecule has 67 valence electrons. The van der Waals surface area contributed by atoms with Crippen LogP contribution in [0, 0.1) is 6.92 Å². The maximum atomic E-state index is 10.8. The fraction of sp³-hybridized carbons (Fsp3) is 0.100. The highest BCUT2D eigenvalue weighted by Crippen LogP contribution is 2.12. The molecule has 0 aliphatic carbocycles. The summed E-state index contributed by atoms with van der Waals surface area (Å²) >= 11 is 0. The number of rotatable bonds is 3. The van der Waals surface area contributed by atoms with E-state index < -0.39 is 5.97 Å². The highest BCUT2D eigenvalue weighted by atomic mass is 16.5. The van der Waals surface area contributed by atoms with Crippen LogP contribution < -0.4 is 4.74 Å². The molecule has 0 unspecified atom stereocenters. The second kappa shape index (κ2) is 4.40. The first kappa shape index (κ1) is 9.45. The zero-order chi connectivity index (χ0) is 9.68. The largest absolute Gasteiger partial charge is 0.427 e. The van der Waals surface area contributed by atoms with Gasteiger partial charge in [-0.3, -0.25) is 9.59 Å². The van der Waals surface area contributed by atoms with Crippen LogP contribution in [0.5, 0.6) is 5.75 Å². The van der Waals surface area contributed by atoms with E-state index in [0.717, 1.165) is 0 Å². The van der Waals surface area contributed by atoms with Crippen molar-refractivity contribution in [1.82, 2.24) is 0 Å². The van der Waals surface area contributed by atoms with Crippen LogP contribution in [0.25, 0.3) is 0 Å². The molecular formula is C10H9O3. The molecule has 0 saturated carbocycles. The minimum absolute atomic E-state index is 0.0747. The second-order valence-corrected chi connectivity index (χ2v) is 2.41. The zero-order valence-electron chi connectivity index (χ0n) is 7.03. The maximum Gasteiger partial charge on any atom is 0.311 e. The molecule has 0 aliphatic heterocycles. The molecule has 3 heteroatoms. The van der Waals surface area contributed by atoms with Crippen molar-refractivity contribution in [1.29, 1.82) is 0 Å². The Balaban J connectivity index is 2.77. The molecule has 0 saturated heterocycles. The predicted molar refractivity (Wildman–Crippen MR) is 47.4 cm³/mol. The smallest absolute Gasteiger partial charge is 0.311 e. The topological polar surface area (TPSA) is 43.4 Å².